The molecule has 0 fully saturated rings. The first-order chi connectivity index (χ1) is 9.91. The molecule has 1 unspecified atom stereocenters. The van der Waals surface area contributed by atoms with Crippen LogP contribution in [-0.4, -0.2) is 51.2 Å². The van der Waals surface area contributed by atoms with Gasteiger partial charge in [0.25, 0.3) is 0 Å². The van der Waals surface area contributed by atoms with Crippen molar-refractivity contribution in [2.45, 2.75) is 12.5 Å². The smallest absolute Gasteiger partial charge is 0.319 e. The predicted octanol–water partition coefficient (Wildman–Crippen LogP) is 1.22. The minimum Gasteiger partial charge on any atom is -0.497 e. The molecule has 7 heteroatoms. The van der Waals surface area contributed by atoms with Gasteiger partial charge in [-0.3, -0.25) is 0 Å². The second-order valence-corrected chi connectivity index (χ2v) is 4.80. The van der Waals surface area contributed by atoms with Gasteiger partial charge in [0.15, 0.2) is 0 Å². The van der Waals surface area contributed by atoms with Crippen molar-refractivity contribution in [3.8, 4) is 11.5 Å². The minimum absolute atomic E-state index is 0.0607. The summed E-state index contributed by atoms with van der Waals surface area (Å²) in [6.07, 6.45) is 0. The molecule has 118 valence electrons. The van der Waals surface area contributed by atoms with Crippen LogP contribution in [0.15, 0.2) is 18.2 Å². The van der Waals surface area contributed by atoms with E-state index < -0.39 is 11.6 Å². The molecule has 0 aliphatic rings. The number of hydrogen-bond acceptors (Lipinski definition) is 5. The van der Waals surface area contributed by atoms with Crippen LogP contribution in [0, 0.1) is 0 Å². The Morgan fingerprint density at radius 1 is 1.29 bits per heavy atom. The first-order valence-electron chi connectivity index (χ1n) is 6.40. The van der Waals surface area contributed by atoms with Crippen molar-refractivity contribution in [1.29, 1.82) is 0 Å². The first-order valence-corrected chi connectivity index (χ1v) is 6.40. The molecule has 0 saturated heterocycles. The summed E-state index contributed by atoms with van der Waals surface area (Å²) in [7, 11) is 4.53. The molecule has 0 aliphatic heterocycles. The van der Waals surface area contributed by atoms with Crippen LogP contribution in [0.4, 0.5) is 10.5 Å². The van der Waals surface area contributed by atoms with Crippen molar-refractivity contribution in [2.24, 2.45) is 0 Å². The average molecular weight is 298 g/mol. The van der Waals surface area contributed by atoms with E-state index in [4.69, 9.17) is 14.2 Å². The van der Waals surface area contributed by atoms with Crippen molar-refractivity contribution < 1.29 is 24.1 Å². The molecule has 1 atom stereocenters. The molecule has 1 aromatic carbocycles. The maximum absolute atomic E-state index is 11.8. The Hall–Kier alpha value is -1.99. The van der Waals surface area contributed by atoms with Crippen LogP contribution in [0.1, 0.15) is 6.92 Å². The molecular formula is C14H22N2O5. The number of carbonyl (C=O) groups is 1. The topological polar surface area (TPSA) is 89.1 Å². The van der Waals surface area contributed by atoms with E-state index >= 15 is 0 Å². The highest BCUT2D eigenvalue weighted by Gasteiger charge is 2.21. The van der Waals surface area contributed by atoms with Crippen LogP contribution >= 0.6 is 0 Å². The van der Waals surface area contributed by atoms with Crippen molar-refractivity contribution in [3.63, 3.8) is 0 Å². The fourth-order valence-electron chi connectivity index (χ4n) is 1.70. The molecule has 21 heavy (non-hydrogen) atoms. The van der Waals surface area contributed by atoms with Gasteiger partial charge in [-0.2, -0.15) is 0 Å². The van der Waals surface area contributed by atoms with E-state index in [-0.39, 0.29) is 13.2 Å². The van der Waals surface area contributed by atoms with Gasteiger partial charge in [0, 0.05) is 13.2 Å². The van der Waals surface area contributed by atoms with Crippen LogP contribution < -0.4 is 20.1 Å². The molecule has 0 aromatic heterocycles. The monoisotopic (exact) mass is 298 g/mol. The Bertz CT molecular complexity index is 476. The van der Waals surface area contributed by atoms with Crippen LogP contribution in [0.25, 0.3) is 0 Å². The molecule has 1 rings (SSSR count). The van der Waals surface area contributed by atoms with Crippen molar-refractivity contribution >= 4 is 11.7 Å². The fraction of sp³-hybridized carbons (Fsp3) is 0.500. The maximum Gasteiger partial charge on any atom is 0.319 e. The zero-order valence-corrected chi connectivity index (χ0v) is 12.7. The van der Waals surface area contributed by atoms with Gasteiger partial charge in [0.05, 0.1) is 33.1 Å². The maximum atomic E-state index is 11.8. The van der Waals surface area contributed by atoms with E-state index in [2.05, 4.69) is 10.6 Å². The summed E-state index contributed by atoms with van der Waals surface area (Å²) < 4.78 is 15.1. The number of carbonyl (C=O) groups excluding carboxylic acids is 1. The van der Waals surface area contributed by atoms with E-state index in [1.165, 1.54) is 14.2 Å². The molecule has 0 radical (unpaired) electrons. The van der Waals surface area contributed by atoms with Gasteiger partial charge in [-0.15, -0.1) is 0 Å². The first kappa shape index (κ1) is 17.1. The van der Waals surface area contributed by atoms with Gasteiger partial charge in [0.2, 0.25) is 0 Å². The second-order valence-electron chi connectivity index (χ2n) is 4.80. The number of aliphatic hydroxyl groups is 1. The number of rotatable bonds is 7. The number of nitrogens with one attached hydrogen (secondary N) is 2. The zero-order valence-electron chi connectivity index (χ0n) is 12.7. The van der Waals surface area contributed by atoms with E-state index in [1.54, 1.807) is 32.2 Å². The number of anilines is 1. The Kier molecular flexibility index (Phi) is 6.26. The molecule has 0 spiro atoms. The molecule has 0 heterocycles. The summed E-state index contributed by atoms with van der Waals surface area (Å²) in [5, 5.41) is 15.1. The van der Waals surface area contributed by atoms with Crippen molar-refractivity contribution in [3.05, 3.63) is 18.2 Å². The van der Waals surface area contributed by atoms with Crippen molar-refractivity contribution in [2.75, 3.05) is 39.8 Å². The van der Waals surface area contributed by atoms with E-state index in [1.807, 2.05) is 0 Å². The van der Waals surface area contributed by atoms with Gasteiger partial charge in [-0.05, 0) is 19.1 Å². The lowest BCUT2D eigenvalue weighted by Crippen LogP contribution is -2.45. The van der Waals surface area contributed by atoms with Crippen LogP contribution in [0.5, 0.6) is 11.5 Å². The number of ether oxygens (including phenoxy) is 3. The van der Waals surface area contributed by atoms with Gasteiger partial charge in [-0.1, -0.05) is 0 Å². The summed E-state index contributed by atoms with van der Waals surface area (Å²) in [4.78, 5) is 11.8. The highest BCUT2D eigenvalue weighted by atomic mass is 16.5. The standard InChI is InChI=1S/C14H22N2O5/c1-14(18,9-19-2)8-15-13(17)16-11-6-5-10(20-3)7-12(11)21-4/h5-7,18H,8-9H2,1-4H3,(H2,15,16,17). The predicted molar refractivity (Wildman–Crippen MR) is 79.1 cm³/mol. The molecule has 0 saturated carbocycles. The fourth-order valence-corrected chi connectivity index (χ4v) is 1.70. The average Bonchev–Trinajstić information content (AvgIpc) is 2.45. The van der Waals surface area contributed by atoms with Gasteiger partial charge in [0.1, 0.15) is 17.1 Å². The number of amides is 2. The highest BCUT2D eigenvalue weighted by Crippen LogP contribution is 2.28. The third-order valence-corrected chi connectivity index (χ3v) is 2.74. The number of hydrogen-bond donors (Lipinski definition) is 3. The Balaban J connectivity index is 2.62. The van der Waals surface area contributed by atoms with E-state index in [0.29, 0.717) is 17.2 Å². The highest BCUT2D eigenvalue weighted by molar-refractivity contribution is 5.91. The summed E-state index contributed by atoms with van der Waals surface area (Å²) in [6, 6.07) is 4.59. The molecule has 1 aromatic rings. The van der Waals surface area contributed by atoms with Gasteiger partial charge < -0.3 is 30.0 Å². The summed E-state index contributed by atoms with van der Waals surface area (Å²) in [6.45, 7) is 1.76. The lowest BCUT2D eigenvalue weighted by Gasteiger charge is -2.22. The largest absolute Gasteiger partial charge is 0.497 e. The Labute approximate surface area is 124 Å². The lowest BCUT2D eigenvalue weighted by atomic mass is 10.1. The van der Waals surface area contributed by atoms with Gasteiger partial charge >= 0.3 is 6.03 Å². The molecule has 7 nitrogen and oxygen atoms in total. The molecule has 0 bridgehead atoms. The van der Waals surface area contributed by atoms with Crippen LogP contribution in [0.2, 0.25) is 0 Å². The third-order valence-electron chi connectivity index (χ3n) is 2.74. The summed E-state index contributed by atoms with van der Waals surface area (Å²) in [5.41, 5.74) is -0.627. The van der Waals surface area contributed by atoms with Crippen molar-refractivity contribution in [1.82, 2.24) is 5.32 Å². The molecule has 2 amide bonds. The summed E-state index contributed by atoms with van der Waals surface area (Å²) >= 11 is 0. The number of urea groups is 1. The second kappa shape index (κ2) is 7.70. The SMILES string of the molecule is COCC(C)(O)CNC(=O)Nc1ccc(OC)cc1OC. The quantitative estimate of drug-likeness (QED) is 0.704. The normalized spacial score (nSPS) is 13.2. The third kappa shape index (κ3) is 5.49. The van der Waals surface area contributed by atoms with E-state index in [9.17, 15) is 9.90 Å². The Morgan fingerprint density at radius 2 is 2.00 bits per heavy atom. The van der Waals surface area contributed by atoms with Gasteiger partial charge in [-0.25, -0.2) is 4.79 Å². The lowest BCUT2D eigenvalue weighted by molar-refractivity contribution is -0.0133. The summed E-state index contributed by atoms with van der Waals surface area (Å²) in [5.74, 6) is 1.11. The van der Waals surface area contributed by atoms with Crippen LogP contribution in [-0.2, 0) is 4.74 Å². The zero-order chi connectivity index (χ0) is 15.9. The number of methoxy groups -OCH3 is 3. The molecule has 3 N–H and O–H groups in total. The molecule has 0 aliphatic carbocycles. The van der Waals surface area contributed by atoms with Crippen LogP contribution in [0.3, 0.4) is 0 Å². The Morgan fingerprint density at radius 3 is 2.57 bits per heavy atom. The molecular weight excluding hydrogens is 276 g/mol. The van der Waals surface area contributed by atoms with E-state index in [0.717, 1.165) is 0 Å². The number of benzene rings is 1. The minimum atomic E-state index is -1.13.